The first-order chi connectivity index (χ1) is 8.22. The molecule has 4 nitrogen and oxygen atoms in total. The smallest absolute Gasteiger partial charge is 0.284 e. The summed E-state index contributed by atoms with van der Waals surface area (Å²) in [6, 6.07) is 0. The number of nitrogens with zero attached hydrogens (tertiary/aromatic N) is 2. The van der Waals surface area contributed by atoms with Crippen LogP contribution in [0, 0.1) is 18.3 Å². The van der Waals surface area contributed by atoms with Gasteiger partial charge < -0.3 is 5.32 Å². The van der Waals surface area contributed by atoms with Crippen LogP contribution in [-0.2, 0) is 6.54 Å². The molecule has 5 heteroatoms. The lowest BCUT2D eigenvalue weighted by molar-refractivity contribution is 0.658. The molecule has 2 rings (SSSR count). The van der Waals surface area contributed by atoms with E-state index in [1.54, 1.807) is 6.20 Å². The molecule has 1 aromatic heterocycles. The van der Waals surface area contributed by atoms with Crippen molar-refractivity contribution in [2.75, 3.05) is 11.9 Å². The standard InChI is InChI=1S/C12H14BrN3O/c1-2-7-16-12(17)11(13)10(8-15-16)14-6-5-9-3-4-9/h1,8-9,14H,3-7H2. The molecule has 17 heavy (non-hydrogen) atoms. The van der Waals surface area contributed by atoms with Gasteiger partial charge in [-0.2, -0.15) is 5.10 Å². The van der Waals surface area contributed by atoms with Crippen LogP contribution in [0.5, 0.6) is 0 Å². The Hall–Kier alpha value is -1.28. The maximum Gasteiger partial charge on any atom is 0.284 e. The molecule has 0 unspecified atom stereocenters. The normalized spacial score (nSPS) is 14.4. The maximum absolute atomic E-state index is 11.8. The summed E-state index contributed by atoms with van der Waals surface area (Å²) in [5, 5.41) is 7.23. The Labute approximate surface area is 109 Å². The van der Waals surface area contributed by atoms with Crippen LogP contribution >= 0.6 is 15.9 Å². The van der Waals surface area contributed by atoms with Crippen LogP contribution in [0.4, 0.5) is 5.69 Å². The highest BCUT2D eigenvalue weighted by Gasteiger charge is 2.20. The van der Waals surface area contributed by atoms with Crippen molar-refractivity contribution in [3.05, 3.63) is 21.0 Å². The van der Waals surface area contributed by atoms with Gasteiger partial charge in [-0.05, 0) is 28.3 Å². The minimum Gasteiger partial charge on any atom is -0.383 e. The summed E-state index contributed by atoms with van der Waals surface area (Å²) in [5.74, 6) is 3.27. The summed E-state index contributed by atoms with van der Waals surface area (Å²) >= 11 is 3.28. The number of hydrogen-bond donors (Lipinski definition) is 1. The van der Waals surface area contributed by atoms with Gasteiger partial charge in [0.15, 0.2) is 0 Å². The van der Waals surface area contributed by atoms with Crippen LogP contribution < -0.4 is 10.9 Å². The highest BCUT2D eigenvalue weighted by atomic mass is 79.9. The zero-order valence-electron chi connectivity index (χ0n) is 9.45. The number of hydrogen-bond acceptors (Lipinski definition) is 3. The Kier molecular flexibility index (Phi) is 3.85. The fraction of sp³-hybridized carbons (Fsp3) is 0.500. The molecule has 1 aliphatic carbocycles. The fourth-order valence-electron chi connectivity index (χ4n) is 1.60. The number of halogens is 1. The summed E-state index contributed by atoms with van der Waals surface area (Å²) in [6.07, 6.45) is 10.6. The molecular weight excluding hydrogens is 282 g/mol. The average Bonchev–Trinajstić information content (AvgIpc) is 3.12. The van der Waals surface area contributed by atoms with Crippen LogP contribution in [0.15, 0.2) is 15.5 Å². The van der Waals surface area contributed by atoms with Crippen molar-refractivity contribution in [2.45, 2.75) is 25.8 Å². The first-order valence-electron chi connectivity index (χ1n) is 5.65. The molecule has 1 N–H and O–H groups in total. The SMILES string of the molecule is C#CCn1ncc(NCCC2CC2)c(Br)c1=O. The molecule has 1 aliphatic rings. The molecule has 1 saturated carbocycles. The molecule has 0 aromatic carbocycles. The molecule has 0 amide bonds. The van der Waals surface area contributed by atoms with E-state index in [0.717, 1.165) is 24.6 Å². The second-order valence-corrected chi connectivity index (χ2v) is 4.99. The average molecular weight is 296 g/mol. The summed E-state index contributed by atoms with van der Waals surface area (Å²) in [7, 11) is 0. The van der Waals surface area contributed by atoms with E-state index >= 15 is 0 Å². The van der Waals surface area contributed by atoms with E-state index in [-0.39, 0.29) is 12.1 Å². The van der Waals surface area contributed by atoms with E-state index in [0.29, 0.717) is 4.47 Å². The van der Waals surface area contributed by atoms with Crippen LogP contribution in [-0.4, -0.2) is 16.3 Å². The van der Waals surface area contributed by atoms with Crippen molar-refractivity contribution in [1.29, 1.82) is 0 Å². The zero-order chi connectivity index (χ0) is 12.3. The molecule has 0 spiro atoms. The van der Waals surface area contributed by atoms with Gasteiger partial charge in [-0.3, -0.25) is 4.79 Å². The van der Waals surface area contributed by atoms with Crippen LogP contribution in [0.3, 0.4) is 0 Å². The third-order valence-electron chi connectivity index (χ3n) is 2.79. The van der Waals surface area contributed by atoms with E-state index in [9.17, 15) is 4.79 Å². The summed E-state index contributed by atoms with van der Waals surface area (Å²) < 4.78 is 1.76. The van der Waals surface area contributed by atoms with Crippen molar-refractivity contribution < 1.29 is 0 Å². The van der Waals surface area contributed by atoms with Crippen LogP contribution in [0.1, 0.15) is 19.3 Å². The molecule has 0 saturated heterocycles. The molecule has 0 bridgehead atoms. The molecule has 1 fully saturated rings. The van der Waals surface area contributed by atoms with Crippen molar-refractivity contribution in [3.8, 4) is 12.3 Å². The molecule has 90 valence electrons. The molecule has 0 radical (unpaired) electrons. The summed E-state index contributed by atoms with van der Waals surface area (Å²) in [4.78, 5) is 11.8. The van der Waals surface area contributed by atoms with Crippen LogP contribution in [0.25, 0.3) is 0 Å². The maximum atomic E-state index is 11.8. The first-order valence-corrected chi connectivity index (χ1v) is 6.44. The topological polar surface area (TPSA) is 46.9 Å². The molecule has 1 heterocycles. The van der Waals surface area contributed by atoms with E-state index in [2.05, 4.69) is 32.3 Å². The number of terminal acetylenes is 1. The van der Waals surface area contributed by atoms with Gasteiger partial charge in [0, 0.05) is 6.54 Å². The third-order valence-corrected chi connectivity index (χ3v) is 3.56. The second kappa shape index (κ2) is 5.37. The molecule has 1 aromatic rings. The largest absolute Gasteiger partial charge is 0.383 e. The minimum absolute atomic E-state index is 0.194. The highest BCUT2D eigenvalue weighted by Crippen LogP contribution is 2.32. The second-order valence-electron chi connectivity index (χ2n) is 4.20. The number of rotatable bonds is 5. The van der Waals surface area contributed by atoms with Gasteiger partial charge in [0.05, 0.1) is 11.9 Å². The highest BCUT2D eigenvalue weighted by molar-refractivity contribution is 9.10. The van der Waals surface area contributed by atoms with Gasteiger partial charge in [-0.15, -0.1) is 6.42 Å². The lowest BCUT2D eigenvalue weighted by Gasteiger charge is -2.08. The Morgan fingerprint density at radius 1 is 1.65 bits per heavy atom. The van der Waals surface area contributed by atoms with Gasteiger partial charge in [-0.1, -0.05) is 18.8 Å². The van der Waals surface area contributed by atoms with Crippen LogP contribution in [0.2, 0.25) is 0 Å². The van der Waals surface area contributed by atoms with E-state index in [1.165, 1.54) is 17.5 Å². The Balaban J connectivity index is 2.04. The molecular formula is C12H14BrN3O. The van der Waals surface area contributed by atoms with Crippen molar-refractivity contribution in [1.82, 2.24) is 9.78 Å². The predicted octanol–water partition coefficient (Wildman–Crippen LogP) is 1.85. The minimum atomic E-state index is -0.195. The Bertz CT molecular complexity index is 499. The van der Waals surface area contributed by atoms with Gasteiger partial charge in [0.2, 0.25) is 0 Å². The van der Waals surface area contributed by atoms with Crippen molar-refractivity contribution >= 4 is 21.6 Å². The van der Waals surface area contributed by atoms with Gasteiger partial charge >= 0.3 is 0 Å². The monoisotopic (exact) mass is 295 g/mol. The lowest BCUT2D eigenvalue weighted by Crippen LogP contribution is -2.24. The van der Waals surface area contributed by atoms with E-state index in [1.807, 2.05) is 0 Å². The quantitative estimate of drug-likeness (QED) is 0.844. The third kappa shape index (κ3) is 3.10. The Morgan fingerprint density at radius 3 is 3.06 bits per heavy atom. The predicted molar refractivity (Wildman–Crippen MR) is 70.9 cm³/mol. The number of nitrogens with one attached hydrogen (secondary N) is 1. The van der Waals surface area contributed by atoms with E-state index in [4.69, 9.17) is 6.42 Å². The van der Waals surface area contributed by atoms with Gasteiger partial charge in [0.1, 0.15) is 11.0 Å². The summed E-state index contributed by atoms with van der Waals surface area (Å²) in [5.41, 5.74) is 0.545. The van der Waals surface area contributed by atoms with Gasteiger partial charge in [-0.25, -0.2) is 4.68 Å². The van der Waals surface area contributed by atoms with Crippen molar-refractivity contribution in [3.63, 3.8) is 0 Å². The van der Waals surface area contributed by atoms with Crippen molar-refractivity contribution in [2.24, 2.45) is 5.92 Å². The zero-order valence-corrected chi connectivity index (χ0v) is 11.0. The number of anilines is 1. The Morgan fingerprint density at radius 2 is 2.41 bits per heavy atom. The summed E-state index contributed by atoms with van der Waals surface area (Å²) in [6.45, 7) is 1.07. The lowest BCUT2D eigenvalue weighted by atomic mass is 10.3. The number of aromatic nitrogens is 2. The molecule has 0 atom stereocenters. The first kappa shape index (κ1) is 12.2. The van der Waals surface area contributed by atoms with Gasteiger partial charge in [0.25, 0.3) is 5.56 Å². The molecule has 0 aliphatic heterocycles. The fourth-order valence-corrected chi connectivity index (χ4v) is 2.05. The van der Waals surface area contributed by atoms with E-state index < -0.39 is 0 Å².